The molecule has 0 bridgehead atoms. The van der Waals surface area contributed by atoms with Crippen LogP contribution in [0.15, 0.2) is 42.7 Å². The minimum atomic E-state index is -0.00308. The Balaban J connectivity index is 1.25. The third-order valence-corrected chi connectivity index (χ3v) is 6.18. The lowest BCUT2D eigenvalue weighted by molar-refractivity contribution is -0.137. The summed E-state index contributed by atoms with van der Waals surface area (Å²) in [6.07, 6.45) is 6.41. The minimum Gasteiger partial charge on any atom is -0.375 e. The number of ether oxygens (including phenoxy) is 1. The Kier molecular flexibility index (Phi) is 6.62. The van der Waals surface area contributed by atoms with Gasteiger partial charge in [0.15, 0.2) is 0 Å². The molecule has 2 aliphatic heterocycles. The number of rotatable bonds is 6. The van der Waals surface area contributed by atoms with E-state index in [4.69, 9.17) is 4.74 Å². The van der Waals surface area contributed by atoms with E-state index in [9.17, 15) is 4.79 Å². The predicted octanol–water partition coefficient (Wildman–Crippen LogP) is 2.90. The lowest BCUT2D eigenvalue weighted by Gasteiger charge is -2.35. The highest BCUT2D eigenvalue weighted by Gasteiger charge is 2.29. The molecule has 4 rings (SSSR count). The largest absolute Gasteiger partial charge is 0.375 e. The summed E-state index contributed by atoms with van der Waals surface area (Å²) in [5, 5.41) is 0. The second kappa shape index (κ2) is 9.55. The summed E-state index contributed by atoms with van der Waals surface area (Å²) in [6.45, 7) is 8.11. The molecule has 6 heteroatoms. The van der Waals surface area contributed by atoms with E-state index in [1.165, 1.54) is 11.4 Å². The third-order valence-electron chi connectivity index (χ3n) is 6.18. The van der Waals surface area contributed by atoms with E-state index in [0.29, 0.717) is 18.9 Å². The Morgan fingerprint density at radius 1 is 1.17 bits per heavy atom. The van der Waals surface area contributed by atoms with Crippen molar-refractivity contribution in [1.82, 2.24) is 19.4 Å². The number of likely N-dealkylation sites (tertiary alicyclic amines) is 1. The molecule has 1 aromatic heterocycles. The van der Waals surface area contributed by atoms with Crippen LogP contribution in [-0.2, 0) is 22.6 Å². The molecule has 1 atom stereocenters. The molecule has 1 amide bonds. The Morgan fingerprint density at radius 3 is 2.72 bits per heavy atom. The molecule has 0 N–H and O–H groups in total. The molecule has 0 saturated carbocycles. The van der Waals surface area contributed by atoms with Crippen molar-refractivity contribution in [1.29, 1.82) is 0 Å². The van der Waals surface area contributed by atoms with E-state index in [-0.39, 0.29) is 12.0 Å². The number of morpholine rings is 1. The molecule has 3 heterocycles. The number of aromatic nitrogens is 2. The zero-order valence-electron chi connectivity index (χ0n) is 17.4. The van der Waals surface area contributed by atoms with Crippen molar-refractivity contribution in [2.24, 2.45) is 0 Å². The second-order valence-electron chi connectivity index (χ2n) is 8.14. The Bertz CT molecular complexity index is 783. The third kappa shape index (κ3) is 5.06. The predicted molar refractivity (Wildman–Crippen MR) is 113 cm³/mol. The molecule has 1 aromatic carbocycles. The smallest absolute Gasteiger partial charge is 0.225 e. The zero-order chi connectivity index (χ0) is 20.1. The summed E-state index contributed by atoms with van der Waals surface area (Å²) < 4.78 is 8.14. The maximum atomic E-state index is 12.9. The molecule has 2 aromatic rings. The van der Waals surface area contributed by atoms with Crippen molar-refractivity contribution in [2.75, 3.05) is 32.8 Å². The molecule has 29 heavy (non-hydrogen) atoms. The van der Waals surface area contributed by atoms with Crippen LogP contribution in [0.3, 0.4) is 0 Å². The number of hydrogen-bond acceptors (Lipinski definition) is 4. The average Bonchev–Trinajstić information content (AvgIpc) is 3.24. The monoisotopic (exact) mass is 396 g/mol. The molecule has 6 nitrogen and oxygen atoms in total. The number of piperidine rings is 1. The summed E-state index contributed by atoms with van der Waals surface area (Å²) in [5.41, 5.74) is 1.31. The van der Waals surface area contributed by atoms with Crippen LogP contribution >= 0.6 is 0 Å². The summed E-state index contributed by atoms with van der Waals surface area (Å²) in [7, 11) is 0. The fraction of sp³-hybridized carbons (Fsp3) is 0.565. The Labute approximate surface area is 173 Å². The van der Waals surface area contributed by atoms with Gasteiger partial charge in [0, 0.05) is 57.6 Å². The summed E-state index contributed by atoms with van der Waals surface area (Å²) >= 11 is 0. The number of carbonyl (C=O) groups excluding carboxylic acids is 1. The van der Waals surface area contributed by atoms with Crippen LogP contribution in [0.1, 0.15) is 43.5 Å². The maximum absolute atomic E-state index is 12.9. The van der Waals surface area contributed by atoms with Crippen LogP contribution in [-0.4, -0.2) is 64.1 Å². The normalized spacial score (nSPS) is 21.4. The highest BCUT2D eigenvalue weighted by atomic mass is 16.5. The van der Waals surface area contributed by atoms with Gasteiger partial charge in [-0.05, 0) is 25.3 Å². The number of benzene rings is 1. The summed E-state index contributed by atoms with van der Waals surface area (Å²) in [4.78, 5) is 21.8. The van der Waals surface area contributed by atoms with E-state index in [0.717, 1.165) is 52.1 Å². The zero-order valence-corrected chi connectivity index (χ0v) is 17.4. The van der Waals surface area contributed by atoms with Gasteiger partial charge in [0.25, 0.3) is 0 Å². The van der Waals surface area contributed by atoms with Crippen LogP contribution in [0, 0.1) is 0 Å². The highest BCUT2D eigenvalue weighted by molar-refractivity contribution is 5.76. The Hall–Kier alpha value is -2.18. The molecule has 2 aliphatic rings. The topological polar surface area (TPSA) is 50.6 Å². The number of aryl methyl sites for hydroxylation is 1. The van der Waals surface area contributed by atoms with E-state index in [1.807, 2.05) is 17.2 Å². The molecule has 0 radical (unpaired) electrons. The van der Waals surface area contributed by atoms with Crippen molar-refractivity contribution in [3.05, 3.63) is 54.1 Å². The molecule has 0 spiro atoms. The number of imidazole rings is 1. The summed E-state index contributed by atoms with van der Waals surface area (Å²) in [6, 6.07) is 10.5. The van der Waals surface area contributed by atoms with Crippen molar-refractivity contribution in [2.45, 2.75) is 51.3 Å². The van der Waals surface area contributed by atoms with E-state index in [2.05, 4.69) is 51.8 Å². The average molecular weight is 397 g/mol. The molecule has 0 unspecified atom stereocenters. The molecule has 156 valence electrons. The first-order valence-electron chi connectivity index (χ1n) is 10.9. The fourth-order valence-electron chi connectivity index (χ4n) is 4.55. The molecule has 0 aliphatic carbocycles. The van der Waals surface area contributed by atoms with E-state index < -0.39 is 0 Å². The lowest BCUT2D eigenvalue weighted by atomic mass is 9.95. The fourth-order valence-corrected chi connectivity index (χ4v) is 4.55. The first-order chi connectivity index (χ1) is 14.2. The van der Waals surface area contributed by atoms with Crippen molar-refractivity contribution in [3.8, 4) is 0 Å². The lowest BCUT2D eigenvalue weighted by Crippen LogP contribution is -2.46. The van der Waals surface area contributed by atoms with Gasteiger partial charge >= 0.3 is 0 Å². The van der Waals surface area contributed by atoms with Gasteiger partial charge < -0.3 is 14.2 Å². The first kappa shape index (κ1) is 20.1. The SMILES string of the molecule is CCn1ccnc1C1CCN(C(=O)C[C@@H]2CN(Cc3ccccc3)CCO2)CC1. The van der Waals surface area contributed by atoms with Crippen LogP contribution in [0.4, 0.5) is 0 Å². The van der Waals surface area contributed by atoms with Crippen molar-refractivity contribution < 1.29 is 9.53 Å². The number of amides is 1. The molecular formula is C23H32N4O2. The van der Waals surface area contributed by atoms with E-state index >= 15 is 0 Å². The molecule has 2 fully saturated rings. The van der Waals surface area contributed by atoms with Crippen LogP contribution in [0.5, 0.6) is 0 Å². The Morgan fingerprint density at radius 2 is 1.97 bits per heavy atom. The van der Waals surface area contributed by atoms with Gasteiger partial charge in [-0.2, -0.15) is 0 Å². The van der Waals surface area contributed by atoms with Gasteiger partial charge in [-0.15, -0.1) is 0 Å². The van der Waals surface area contributed by atoms with Crippen LogP contribution in [0.25, 0.3) is 0 Å². The maximum Gasteiger partial charge on any atom is 0.225 e. The second-order valence-corrected chi connectivity index (χ2v) is 8.14. The molecule has 2 saturated heterocycles. The van der Waals surface area contributed by atoms with Gasteiger partial charge in [-0.3, -0.25) is 9.69 Å². The van der Waals surface area contributed by atoms with Gasteiger partial charge in [0.05, 0.1) is 19.1 Å². The van der Waals surface area contributed by atoms with Gasteiger partial charge in [-0.1, -0.05) is 30.3 Å². The minimum absolute atomic E-state index is 0.00308. The number of nitrogens with zero attached hydrogens (tertiary/aromatic N) is 4. The van der Waals surface area contributed by atoms with Crippen LogP contribution < -0.4 is 0 Å². The summed E-state index contributed by atoms with van der Waals surface area (Å²) in [5.74, 6) is 1.86. The molecular weight excluding hydrogens is 364 g/mol. The van der Waals surface area contributed by atoms with Gasteiger partial charge in [0.1, 0.15) is 5.82 Å². The van der Waals surface area contributed by atoms with Crippen molar-refractivity contribution >= 4 is 5.91 Å². The van der Waals surface area contributed by atoms with E-state index in [1.54, 1.807) is 0 Å². The van der Waals surface area contributed by atoms with Gasteiger partial charge in [-0.25, -0.2) is 4.98 Å². The standard InChI is InChI=1S/C23H32N4O2/c1-2-26-13-10-24-23(26)20-8-11-27(12-9-20)22(28)16-21-18-25(14-15-29-21)17-19-6-4-3-5-7-19/h3-7,10,13,20-21H,2,8-9,11-12,14-18H2,1H3/t21-/m1/s1. The highest BCUT2D eigenvalue weighted by Crippen LogP contribution is 2.27. The first-order valence-corrected chi connectivity index (χ1v) is 10.9. The van der Waals surface area contributed by atoms with Gasteiger partial charge in [0.2, 0.25) is 5.91 Å². The van der Waals surface area contributed by atoms with Crippen molar-refractivity contribution in [3.63, 3.8) is 0 Å². The number of hydrogen-bond donors (Lipinski definition) is 0. The van der Waals surface area contributed by atoms with Crippen LogP contribution in [0.2, 0.25) is 0 Å². The quantitative estimate of drug-likeness (QED) is 0.753. The number of carbonyl (C=O) groups is 1.